The molecule has 0 aliphatic rings. The molecule has 0 aliphatic carbocycles. The molecule has 0 aliphatic heterocycles. The molecule has 4 rings (SSSR count). The van der Waals surface area contributed by atoms with Gasteiger partial charge in [-0.15, -0.1) is 0 Å². The summed E-state index contributed by atoms with van der Waals surface area (Å²) in [5.41, 5.74) is 1.62. The van der Waals surface area contributed by atoms with Crippen molar-refractivity contribution in [2.24, 2.45) is 0 Å². The summed E-state index contributed by atoms with van der Waals surface area (Å²) in [7, 11) is 0. The molecule has 0 bridgehead atoms. The molecule has 4 aromatic rings. The van der Waals surface area contributed by atoms with Gasteiger partial charge in [0.15, 0.2) is 5.16 Å². The van der Waals surface area contributed by atoms with Crippen LogP contribution in [0.1, 0.15) is 5.56 Å². The topological polar surface area (TPSA) is 64.0 Å². The molecule has 0 fully saturated rings. The fraction of sp³-hybridized carbons (Fsp3) is 0.0870. The highest BCUT2D eigenvalue weighted by atomic mass is 35.5. The van der Waals surface area contributed by atoms with Crippen LogP contribution in [0.5, 0.6) is 0 Å². The Bertz CT molecular complexity index is 1360. The quantitative estimate of drug-likeness (QED) is 0.283. The standard InChI is InChI=1S/C23H16Cl2FN3O2S/c24-15-7-5-14(6-8-15)12-29-22(31)17-3-1-2-4-20(17)28-23(29)32-13-21(30)27-16-9-10-19(26)18(25)11-16/h1-11H,12-13H2,(H,27,30). The zero-order valence-corrected chi connectivity index (χ0v) is 18.8. The van der Waals surface area contributed by atoms with Gasteiger partial charge in [0, 0.05) is 10.7 Å². The van der Waals surface area contributed by atoms with E-state index in [0.29, 0.717) is 26.8 Å². The van der Waals surface area contributed by atoms with Crippen molar-refractivity contribution in [2.45, 2.75) is 11.7 Å². The van der Waals surface area contributed by atoms with E-state index in [1.54, 1.807) is 36.4 Å². The highest BCUT2D eigenvalue weighted by Crippen LogP contribution is 2.22. The number of nitrogens with zero attached hydrogens (tertiary/aromatic N) is 2. The molecule has 9 heteroatoms. The molecule has 0 saturated carbocycles. The molecule has 0 unspecified atom stereocenters. The highest BCUT2D eigenvalue weighted by molar-refractivity contribution is 7.99. The molecular weight excluding hydrogens is 472 g/mol. The fourth-order valence-electron chi connectivity index (χ4n) is 3.07. The molecule has 1 N–H and O–H groups in total. The van der Waals surface area contributed by atoms with Crippen LogP contribution in [-0.4, -0.2) is 21.2 Å². The molecule has 32 heavy (non-hydrogen) atoms. The Labute approximate surface area is 197 Å². The van der Waals surface area contributed by atoms with Crippen molar-refractivity contribution in [3.05, 3.63) is 98.5 Å². The van der Waals surface area contributed by atoms with E-state index in [1.807, 2.05) is 12.1 Å². The van der Waals surface area contributed by atoms with Gasteiger partial charge < -0.3 is 5.32 Å². The van der Waals surface area contributed by atoms with Crippen molar-refractivity contribution < 1.29 is 9.18 Å². The number of amides is 1. The summed E-state index contributed by atoms with van der Waals surface area (Å²) >= 11 is 12.9. The van der Waals surface area contributed by atoms with Gasteiger partial charge in [0.2, 0.25) is 5.91 Å². The first-order chi connectivity index (χ1) is 15.4. The van der Waals surface area contributed by atoms with E-state index in [2.05, 4.69) is 10.3 Å². The van der Waals surface area contributed by atoms with Gasteiger partial charge in [-0.3, -0.25) is 14.2 Å². The Kier molecular flexibility index (Phi) is 6.79. The summed E-state index contributed by atoms with van der Waals surface area (Å²) in [5, 5.41) is 4.10. The van der Waals surface area contributed by atoms with Crippen molar-refractivity contribution >= 4 is 57.5 Å². The van der Waals surface area contributed by atoms with Crippen molar-refractivity contribution in [3.63, 3.8) is 0 Å². The highest BCUT2D eigenvalue weighted by Gasteiger charge is 2.14. The molecule has 0 saturated heterocycles. The van der Waals surface area contributed by atoms with E-state index in [9.17, 15) is 14.0 Å². The number of hydrogen-bond acceptors (Lipinski definition) is 4. The summed E-state index contributed by atoms with van der Waals surface area (Å²) in [6.07, 6.45) is 0. The van der Waals surface area contributed by atoms with Crippen LogP contribution < -0.4 is 10.9 Å². The van der Waals surface area contributed by atoms with E-state index < -0.39 is 5.82 Å². The third-order valence-corrected chi connectivity index (χ3v) is 6.13. The lowest BCUT2D eigenvalue weighted by atomic mass is 10.2. The average Bonchev–Trinajstić information content (AvgIpc) is 2.78. The Morgan fingerprint density at radius 1 is 1.06 bits per heavy atom. The first-order valence-electron chi connectivity index (χ1n) is 9.52. The first kappa shape index (κ1) is 22.3. The van der Waals surface area contributed by atoms with E-state index in [-0.39, 0.29) is 28.8 Å². The third kappa shape index (κ3) is 5.12. The lowest BCUT2D eigenvalue weighted by molar-refractivity contribution is -0.113. The second kappa shape index (κ2) is 9.73. The number of hydrogen-bond donors (Lipinski definition) is 1. The van der Waals surface area contributed by atoms with Crippen molar-refractivity contribution in [3.8, 4) is 0 Å². The molecule has 1 amide bonds. The second-order valence-electron chi connectivity index (χ2n) is 6.90. The number of carbonyl (C=O) groups is 1. The van der Waals surface area contributed by atoms with Crippen molar-refractivity contribution in [1.29, 1.82) is 0 Å². The lowest BCUT2D eigenvalue weighted by Gasteiger charge is -2.13. The van der Waals surface area contributed by atoms with Gasteiger partial charge >= 0.3 is 0 Å². The molecule has 0 radical (unpaired) electrons. The molecule has 5 nitrogen and oxygen atoms in total. The summed E-state index contributed by atoms with van der Waals surface area (Å²) < 4.78 is 14.9. The predicted octanol–water partition coefficient (Wildman–Crippen LogP) is 5.62. The van der Waals surface area contributed by atoms with Crippen LogP contribution in [0.25, 0.3) is 10.9 Å². The third-order valence-electron chi connectivity index (χ3n) is 4.62. The number of anilines is 1. The van der Waals surface area contributed by atoms with E-state index in [4.69, 9.17) is 23.2 Å². The molecule has 1 heterocycles. The van der Waals surface area contributed by atoms with Crippen LogP contribution in [0.4, 0.5) is 10.1 Å². The summed E-state index contributed by atoms with van der Waals surface area (Å²) in [4.78, 5) is 30.2. The number of nitrogens with one attached hydrogen (secondary N) is 1. The number of carbonyl (C=O) groups excluding carboxylic acids is 1. The van der Waals surface area contributed by atoms with Crippen LogP contribution in [0.15, 0.2) is 76.7 Å². The normalized spacial score (nSPS) is 11.0. The first-order valence-corrected chi connectivity index (χ1v) is 11.3. The zero-order valence-electron chi connectivity index (χ0n) is 16.5. The largest absolute Gasteiger partial charge is 0.325 e. The van der Waals surface area contributed by atoms with Gasteiger partial charge in [-0.05, 0) is 48.0 Å². The number of fused-ring (bicyclic) bond motifs is 1. The number of rotatable bonds is 6. The van der Waals surface area contributed by atoms with Gasteiger partial charge in [-0.1, -0.05) is 59.2 Å². The SMILES string of the molecule is O=C(CSc1nc2ccccc2c(=O)n1Cc1ccc(Cl)cc1)Nc1ccc(F)c(Cl)c1. The number of aromatic nitrogens is 2. The molecule has 1 aromatic heterocycles. The maximum atomic E-state index is 13.3. The fourth-order valence-corrected chi connectivity index (χ4v) is 4.18. The van der Waals surface area contributed by atoms with Gasteiger partial charge in [0.1, 0.15) is 5.82 Å². The minimum atomic E-state index is -0.564. The Hall–Kier alpha value is -2.87. The van der Waals surface area contributed by atoms with Gasteiger partial charge in [-0.2, -0.15) is 0 Å². The Morgan fingerprint density at radius 2 is 1.81 bits per heavy atom. The van der Waals surface area contributed by atoms with E-state index in [1.165, 1.54) is 22.8 Å². The Balaban J connectivity index is 1.60. The molecule has 162 valence electrons. The van der Waals surface area contributed by atoms with Crippen LogP contribution in [0, 0.1) is 5.82 Å². The maximum absolute atomic E-state index is 13.3. The molecule has 0 atom stereocenters. The Morgan fingerprint density at radius 3 is 2.56 bits per heavy atom. The summed E-state index contributed by atoms with van der Waals surface area (Å²) in [6.45, 7) is 0.283. The number of benzene rings is 3. The number of halogens is 3. The van der Waals surface area contributed by atoms with Crippen molar-refractivity contribution in [2.75, 3.05) is 11.1 Å². The maximum Gasteiger partial charge on any atom is 0.262 e. The van der Waals surface area contributed by atoms with E-state index >= 15 is 0 Å². The molecule has 0 spiro atoms. The van der Waals surface area contributed by atoms with Gasteiger partial charge in [-0.25, -0.2) is 9.37 Å². The minimum absolute atomic E-state index is 0.000390. The summed E-state index contributed by atoms with van der Waals surface area (Å²) in [5.74, 6) is -0.899. The number of para-hydroxylation sites is 1. The van der Waals surface area contributed by atoms with Crippen LogP contribution in [0.3, 0.4) is 0 Å². The minimum Gasteiger partial charge on any atom is -0.325 e. The molecular formula is C23H16Cl2FN3O2S. The van der Waals surface area contributed by atoms with Crippen LogP contribution in [-0.2, 0) is 11.3 Å². The van der Waals surface area contributed by atoms with E-state index in [0.717, 1.165) is 17.3 Å². The van der Waals surface area contributed by atoms with Gasteiger partial charge in [0.05, 0.1) is 28.2 Å². The number of thioether (sulfide) groups is 1. The summed E-state index contributed by atoms with van der Waals surface area (Å²) in [6, 6.07) is 18.2. The monoisotopic (exact) mass is 487 g/mol. The van der Waals surface area contributed by atoms with Crippen LogP contribution in [0.2, 0.25) is 10.0 Å². The van der Waals surface area contributed by atoms with Gasteiger partial charge in [0.25, 0.3) is 5.56 Å². The van der Waals surface area contributed by atoms with Crippen LogP contribution >= 0.6 is 35.0 Å². The predicted molar refractivity (Wildman–Crippen MR) is 127 cm³/mol. The average molecular weight is 488 g/mol. The van der Waals surface area contributed by atoms with Crippen molar-refractivity contribution in [1.82, 2.24) is 9.55 Å². The lowest BCUT2D eigenvalue weighted by Crippen LogP contribution is -2.24. The smallest absolute Gasteiger partial charge is 0.262 e. The second-order valence-corrected chi connectivity index (χ2v) is 8.68. The zero-order chi connectivity index (χ0) is 22.7. The molecule has 3 aromatic carbocycles.